The van der Waals surface area contributed by atoms with Crippen molar-refractivity contribution in [1.29, 1.82) is 0 Å². The van der Waals surface area contributed by atoms with Gasteiger partial charge in [0.2, 0.25) is 11.8 Å². The van der Waals surface area contributed by atoms with E-state index >= 15 is 0 Å². The zero-order valence-electron chi connectivity index (χ0n) is 9.74. The standard InChI is InChI=1S/C12H12Cl2N2O2/c1-2-8-12(18)16(6-10(17)15-8)9-5-3-4-7(13)11(9)14/h3-5,8H,2,6H2,1H3,(H,15,17). The first kappa shape index (κ1) is 13.2. The summed E-state index contributed by atoms with van der Waals surface area (Å²) < 4.78 is 0. The van der Waals surface area contributed by atoms with Gasteiger partial charge in [0.05, 0.1) is 15.7 Å². The molecule has 2 amide bonds. The highest BCUT2D eigenvalue weighted by molar-refractivity contribution is 6.44. The lowest BCUT2D eigenvalue weighted by atomic mass is 10.1. The predicted molar refractivity (Wildman–Crippen MR) is 71.0 cm³/mol. The molecule has 1 atom stereocenters. The van der Waals surface area contributed by atoms with Crippen LogP contribution in [0.15, 0.2) is 18.2 Å². The van der Waals surface area contributed by atoms with E-state index in [0.29, 0.717) is 17.1 Å². The Hall–Kier alpha value is -1.26. The van der Waals surface area contributed by atoms with Gasteiger partial charge in [0.15, 0.2) is 0 Å². The highest BCUT2D eigenvalue weighted by Crippen LogP contribution is 2.33. The Bertz CT molecular complexity index is 505. The average Bonchev–Trinajstić information content (AvgIpc) is 2.35. The van der Waals surface area contributed by atoms with Gasteiger partial charge < -0.3 is 5.32 Å². The van der Waals surface area contributed by atoms with Gasteiger partial charge in [-0.2, -0.15) is 0 Å². The van der Waals surface area contributed by atoms with Gasteiger partial charge in [0.25, 0.3) is 0 Å². The molecule has 1 unspecified atom stereocenters. The van der Waals surface area contributed by atoms with Gasteiger partial charge in [-0.25, -0.2) is 0 Å². The molecular weight excluding hydrogens is 275 g/mol. The molecule has 1 saturated heterocycles. The van der Waals surface area contributed by atoms with E-state index in [0.717, 1.165) is 0 Å². The molecule has 0 radical (unpaired) electrons. The van der Waals surface area contributed by atoms with Crippen molar-refractivity contribution in [3.63, 3.8) is 0 Å². The highest BCUT2D eigenvalue weighted by atomic mass is 35.5. The molecule has 1 aromatic carbocycles. The number of anilines is 1. The van der Waals surface area contributed by atoms with Crippen molar-refractivity contribution in [3.05, 3.63) is 28.2 Å². The van der Waals surface area contributed by atoms with Crippen molar-refractivity contribution in [2.24, 2.45) is 0 Å². The summed E-state index contributed by atoms with van der Waals surface area (Å²) in [5.74, 6) is -0.362. The molecule has 0 bridgehead atoms. The third-order valence-corrected chi connectivity index (χ3v) is 3.64. The summed E-state index contributed by atoms with van der Waals surface area (Å²) >= 11 is 12.0. The average molecular weight is 287 g/mol. The Morgan fingerprint density at radius 3 is 2.78 bits per heavy atom. The number of piperazine rings is 1. The van der Waals surface area contributed by atoms with Crippen LogP contribution >= 0.6 is 23.2 Å². The Balaban J connectivity index is 2.39. The molecule has 6 heteroatoms. The predicted octanol–water partition coefficient (Wildman–Crippen LogP) is 2.23. The quantitative estimate of drug-likeness (QED) is 0.906. The summed E-state index contributed by atoms with van der Waals surface area (Å²) in [6, 6.07) is 4.52. The van der Waals surface area contributed by atoms with Gasteiger partial charge in [0.1, 0.15) is 12.6 Å². The normalized spacial score (nSPS) is 19.9. The summed E-state index contributed by atoms with van der Waals surface area (Å²) in [5, 5.41) is 3.29. The summed E-state index contributed by atoms with van der Waals surface area (Å²) in [7, 11) is 0. The number of nitrogens with one attached hydrogen (secondary N) is 1. The van der Waals surface area contributed by atoms with Crippen LogP contribution in [0.3, 0.4) is 0 Å². The van der Waals surface area contributed by atoms with Gasteiger partial charge in [-0.05, 0) is 18.6 Å². The number of amides is 2. The minimum Gasteiger partial charge on any atom is -0.343 e. The van der Waals surface area contributed by atoms with Crippen LogP contribution in [-0.4, -0.2) is 24.4 Å². The lowest BCUT2D eigenvalue weighted by molar-refractivity contribution is -0.131. The van der Waals surface area contributed by atoms with Crippen LogP contribution in [0.1, 0.15) is 13.3 Å². The van der Waals surface area contributed by atoms with Crippen molar-refractivity contribution >= 4 is 40.7 Å². The fourth-order valence-corrected chi connectivity index (χ4v) is 2.29. The molecule has 4 nitrogen and oxygen atoms in total. The molecule has 1 N–H and O–H groups in total. The topological polar surface area (TPSA) is 49.4 Å². The molecule has 0 spiro atoms. The molecule has 2 rings (SSSR count). The number of carbonyl (C=O) groups excluding carboxylic acids is 2. The van der Waals surface area contributed by atoms with E-state index in [1.54, 1.807) is 18.2 Å². The van der Waals surface area contributed by atoms with Gasteiger partial charge in [-0.1, -0.05) is 36.2 Å². The Morgan fingerprint density at radius 2 is 2.11 bits per heavy atom. The number of carbonyl (C=O) groups is 2. The van der Waals surface area contributed by atoms with Crippen LogP contribution < -0.4 is 10.2 Å². The van der Waals surface area contributed by atoms with Crippen LogP contribution in [0, 0.1) is 0 Å². The van der Waals surface area contributed by atoms with Crippen molar-refractivity contribution in [2.75, 3.05) is 11.4 Å². The number of rotatable bonds is 2. The number of benzene rings is 1. The molecule has 18 heavy (non-hydrogen) atoms. The highest BCUT2D eigenvalue weighted by Gasteiger charge is 2.33. The number of halogens is 2. The molecule has 1 aromatic rings. The van der Waals surface area contributed by atoms with Crippen LogP contribution in [0.4, 0.5) is 5.69 Å². The molecule has 1 aliphatic heterocycles. The van der Waals surface area contributed by atoms with Crippen LogP contribution in [0.25, 0.3) is 0 Å². The minimum atomic E-state index is -0.499. The Kier molecular flexibility index (Phi) is 3.78. The second-order valence-electron chi connectivity index (χ2n) is 4.03. The van der Waals surface area contributed by atoms with E-state index in [2.05, 4.69) is 5.32 Å². The summed E-state index contributed by atoms with van der Waals surface area (Å²) in [6.45, 7) is 1.81. The third-order valence-electron chi connectivity index (χ3n) is 2.83. The van der Waals surface area contributed by atoms with Gasteiger partial charge in [-0.3, -0.25) is 14.5 Å². The molecule has 1 aliphatic rings. The molecule has 96 valence electrons. The maximum absolute atomic E-state index is 12.2. The van der Waals surface area contributed by atoms with E-state index in [4.69, 9.17) is 23.2 Å². The van der Waals surface area contributed by atoms with Crippen molar-refractivity contribution in [2.45, 2.75) is 19.4 Å². The number of hydrogen-bond donors (Lipinski definition) is 1. The first-order valence-corrected chi connectivity index (χ1v) is 6.35. The Labute approximate surface area is 115 Å². The zero-order chi connectivity index (χ0) is 13.3. The first-order chi connectivity index (χ1) is 8.54. The number of hydrogen-bond acceptors (Lipinski definition) is 2. The fraction of sp³-hybridized carbons (Fsp3) is 0.333. The molecule has 0 aliphatic carbocycles. The molecule has 1 heterocycles. The van der Waals surface area contributed by atoms with Crippen molar-refractivity contribution < 1.29 is 9.59 Å². The van der Waals surface area contributed by atoms with Crippen LogP contribution in [0.2, 0.25) is 10.0 Å². The van der Waals surface area contributed by atoms with E-state index in [1.807, 2.05) is 6.92 Å². The largest absolute Gasteiger partial charge is 0.343 e. The third kappa shape index (κ3) is 2.31. The second kappa shape index (κ2) is 5.16. The first-order valence-electron chi connectivity index (χ1n) is 5.59. The molecule has 1 fully saturated rings. The fourth-order valence-electron chi connectivity index (χ4n) is 1.89. The summed E-state index contributed by atoms with van der Waals surface area (Å²) in [5.41, 5.74) is 0.475. The lowest BCUT2D eigenvalue weighted by Crippen LogP contribution is -2.58. The summed E-state index contributed by atoms with van der Waals surface area (Å²) in [4.78, 5) is 25.1. The van der Waals surface area contributed by atoms with E-state index < -0.39 is 6.04 Å². The van der Waals surface area contributed by atoms with Crippen molar-refractivity contribution in [1.82, 2.24) is 5.32 Å². The van der Waals surface area contributed by atoms with Gasteiger partial charge >= 0.3 is 0 Å². The molecule has 0 saturated carbocycles. The number of nitrogens with zero attached hydrogens (tertiary/aromatic N) is 1. The maximum Gasteiger partial charge on any atom is 0.250 e. The summed E-state index contributed by atoms with van der Waals surface area (Å²) in [6.07, 6.45) is 0.541. The van der Waals surface area contributed by atoms with Gasteiger partial charge in [-0.15, -0.1) is 0 Å². The minimum absolute atomic E-state index is 0.0323. The van der Waals surface area contributed by atoms with E-state index in [1.165, 1.54) is 4.90 Å². The molecular formula is C12H12Cl2N2O2. The SMILES string of the molecule is CCC1NC(=O)CN(c2cccc(Cl)c2Cl)C1=O. The Morgan fingerprint density at radius 1 is 1.39 bits per heavy atom. The zero-order valence-corrected chi connectivity index (χ0v) is 11.3. The smallest absolute Gasteiger partial charge is 0.250 e. The van der Waals surface area contributed by atoms with E-state index in [9.17, 15) is 9.59 Å². The van der Waals surface area contributed by atoms with Gasteiger partial charge in [0, 0.05) is 0 Å². The molecule has 0 aromatic heterocycles. The van der Waals surface area contributed by atoms with Crippen molar-refractivity contribution in [3.8, 4) is 0 Å². The van der Waals surface area contributed by atoms with Crippen LogP contribution in [-0.2, 0) is 9.59 Å². The lowest BCUT2D eigenvalue weighted by Gasteiger charge is -2.32. The van der Waals surface area contributed by atoms with Crippen LogP contribution in [0.5, 0.6) is 0 Å². The van der Waals surface area contributed by atoms with E-state index in [-0.39, 0.29) is 23.4 Å². The maximum atomic E-state index is 12.2. The monoisotopic (exact) mass is 286 g/mol. The second-order valence-corrected chi connectivity index (χ2v) is 4.81.